The third-order valence-corrected chi connectivity index (χ3v) is 7.68. The van der Waals surface area contributed by atoms with Crippen molar-refractivity contribution in [2.45, 2.75) is 45.6 Å². The van der Waals surface area contributed by atoms with E-state index in [0.29, 0.717) is 24.8 Å². The molecule has 2 aromatic heterocycles. The number of likely N-dealkylation sites (tertiary alicyclic amines) is 1. The number of fused-ring (bicyclic) bond motifs is 3. The van der Waals surface area contributed by atoms with Crippen molar-refractivity contribution in [2.75, 3.05) is 26.2 Å². The molecule has 6 nitrogen and oxygen atoms in total. The smallest absolute Gasteiger partial charge is 0.251 e. The monoisotopic (exact) mass is 476 g/mol. The van der Waals surface area contributed by atoms with Gasteiger partial charge in [0.2, 0.25) is 0 Å². The predicted octanol–water partition coefficient (Wildman–Crippen LogP) is 5.61. The van der Waals surface area contributed by atoms with Gasteiger partial charge in [0.25, 0.3) is 5.91 Å². The van der Waals surface area contributed by atoms with Crippen LogP contribution in [0.1, 0.15) is 49.9 Å². The zero-order valence-electron chi connectivity index (χ0n) is 19.9. The lowest BCUT2D eigenvalue weighted by Crippen LogP contribution is -2.39. The number of hydrogen-bond acceptors (Lipinski definition) is 5. The Bertz CT molecular complexity index is 1280. The van der Waals surface area contributed by atoms with Gasteiger partial charge in [-0.1, -0.05) is 17.8 Å². The van der Waals surface area contributed by atoms with E-state index in [9.17, 15) is 4.79 Å². The minimum Gasteiger partial charge on any atom is -0.494 e. The topological polar surface area (TPSA) is 58.9 Å². The Morgan fingerprint density at radius 2 is 2.06 bits per heavy atom. The van der Waals surface area contributed by atoms with Crippen LogP contribution in [0, 0.1) is 0 Å². The number of rotatable bonds is 8. The standard InChI is InChI=1S/C27H32N4O2S/c1-3-33-22-11-8-20(9-12-22)23-18-31-24-13-10-21(17-25(24)34-27(31)29-23)26(32)28-14-6-16-30-15-5-4-7-19(30)2/h8-13,17-19H,3-7,14-16H2,1-2H3,(H,28,32)/t19-/m0/s1. The number of amides is 1. The zero-order valence-corrected chi connectivity index (χ0v) is 20.7. The van der Waals surface area contributed by atoms with Crippen LogP contribution in [0.25, 0.3) is 26.4 Å². The molecule has 0 saturated carbocycles. The number of ether oxygens (including phenoxy) is 1. The van der Waals surface area contributed by atoms with Crippen molar-refractivity contribution in [3.63, 3.8) is 0 Å². The summed E-state index contributed by atoms with van der Waals surface area (Å²) < 4.78 is 8.70. The Kier molecular flexibility index (Phi) is 6.83. The van der Waals surface area contributed by atoms with E-state index < -0.39 is 0 Å². The summed E-state index contributed by atoms with van der Waals surface area (Å²) in [4.78, 5) is 21.0. The van der Waals surface area contributed by atoms with E-state index in [2.05, 4.69) is 27.7 Å². The first kappa shape index (κ1) is 22.9. The first-order chi connectivity index (χ1) is 16.6. The lowest BCUT2D eigenvalue weighted by atomic mass is 10.0. The van der Waals surface area contributed by atoms with Gasteiger partial charge in [-0.05, 0) is 82.1 Å². The normalized spacial score (nSPS) is 16.8. The molecule has 1 N–H and O–H groups in total. The molecule has 0 unspecified atom stereocenters. The van der Waals surface area contributed by atoms with E-state index >= 15 is 0 Å². The molecule has 0 spiro atoms. The number of imidazole rings is 1. The summed E-state index contributed by atoms with van der Waals surface area (Å²) in [5.41, 5.74) is 3.76. The first-order valence-corrected chi connectivity index (χ1v) is 13.1. The largest absolute Gasteiger partial charge is 0.494 e. The highest BCUT2D eigenvalue weighted by Crippen LogP contribution is 2.30. The number of nitrogens with zero attached hydrogens (tertiary/aromatic N) is 3. The Balaban J connectivity index is 1.24. The van der Waals surface area contributed by atoms with Gasteiger partial charge in [-0.25, -0.2) is 4.98 Å². The summed E-state index contributed by atoms with van der Waals surface area (Å²) in [7, 11) is 0. The average molecular weight is 477 g/mol. The van der Waals surface area contributed by atoms with Crippen LogP contribution in [0.5, 0.6) is 5.75 Å². The van der Waals surface area contributed by atoms with Gasteiger partial charge < -0.3 is 15.0 Å². The van der Waals surface area contributed by atoms with Gasteiger partial charge in [0.15, 0.2) is 4.96 Å². The van der Waals surface area contributed by atoms with Crippen molar-refractivity contribution in [1.82, 2.24) is 19.6 Å². The molecule has 1 atom stereocenters. The Morgan fingerprint density at radius 1 is 1.21 bits per heavy atom. The fourth-order valence-corrected chi connectivity index (χ4v) is 5.79. The summed E-state index contributed by atoms with van der Waals surface area (Å²) in [6.45, 7) is 7.90. The van der Waals surface area contributed by atoms with Crippen molar-refractivity contribution in [1.29, 1.82) is 0 Å². The summed E-state index contributed by atoms with van der Waals surface area (Å²) >= 11 is 1.61. The van der Waals surface area contributed by atoms with Crippen LogP contribution in [-0.4, -0.2) is 52.5 Å². The Morgan fingerprint density at radius 3 is 2.85 bits per heavy atom. The molecule has 1 saturated heterocycles. The van der Waals surface area contributed by atoms with Crippen LogP contribution in [0.4, 0.5) is 0 Å². The summed E-state index contributed by atoms with van der Waals surface area (Å²) in [5.74, 6) is 0.860. The third kappa shape index (κ3) is 4.81. The predicted molar refractivity (Wildman–Crippen MR) is 139 cm³/mol. The molecule has 34 heavy (non-hydrogen) atoms. The molecule has 3 heterocycles. The maximum Gasteiger partial charge on any atom is 0.251 e. The Labute approximate surface area is 204 Å². The molecule has 1 aliphatic rings. The molecule has 1 amide bonds. The summed E-state index contributed by atoms with van der Waals surface area (Å²) in [6.07, 6.45) is 6.97. The molecule has 0 aliphatic carbocycles. The molecule has 4 aromatic rings. The average Bonchev–Trinajstić information content (AvgIpc) is 3.41. The molecule has 178 valence electrons. The van der Waals surface area contributed by atoms with Crippen LogP contribution >= 0.6 is 11.3 Å². The van der Waals surface area contributed by atoms with Gasteiger partial charge in [0.1, 0.15) is 5.75 Å². The van der Waals surface area contributed by atoms with Crippen LogP contribution in [0.3, 0.4) is 0 Å². The van der Waals surface area contributed by atoms with Gasteiger partial charge in [0.05, 0.1) is 22.5 Å². The van der Waals surface area contributed by atoms with Crippen molar-refractivity contribution in [3.05, 3.63) is 54.2 Å². The quantitative estimate of drug-likeness (QED) is 0.336. The van der Waals surface area contributed by atoms with E-state index in [-0.39, 0.29) is 5.91 Å². The van der Waals surface area contributed by atoms with Gasteiger partial charge in [-0.3, -0.25) is 9.20 Å². The first-order valence-electron chi connectivity index (χ1n) is 12.3. The van der Waals surface area contributed by atoms with E-state index in [4.69, 9.17) is 9.72 Å². The molecule has 0 bridgehead atoms. The van der Waals surface area contributed by atoms with Crippen LogP contribution < -0.4 is 10.1 Å². The Hall–Kier alpha value is -2.90. The highest BCUT2D eigenvalue weighted by atomic mass is 32.1. The molecule has 0 radical (unpaired) electrons. The number of nitrogens with one attached hydrogen (secondary N) is 1. The maximum atomic E-state index is 12.7. The van der Waals surface area contributed by atoms with Crippen LogP contribution in [-0.2, 0) is 0 Å². The molecule has 7 heteroatoms. The SMILES string of the molecule is CCOc1ccc(-c2cn3c(n2)sc2cc(C(=O)NCCCN4CCCC[C@@H]4C)ccc23)cc1. The van der Waals surface area contributed by atoms with Crippen molar-refractivity contribution in [3.8, 4) is 17.0 Å². The molecular weight excluding hydrogens is 444 g/mol. The second-order valence-corrected chi connectivity index (χ2v) is 10.0. The maximum absolute atomic E-state index is 12.7. The number of aromatic nitrogens is 2. The number of carbonyl (C=O) groups excluding carboxylic acids is 1. The fourth-order valence-electron chi connectivity index (χ4n) is 4.75. The van der Waals surface area contributed by atoms with E-state index in [0.717, 1.165) is 45.1 Å². The second-order valence-electron chi connectivity index (χ2n) is 9.01. The van der Waals surface area contributed by atoms with Crippen LogP contribution in [0.15, 0.2) is 48.7 Å². The number of piperidine rings is 1. The molecular formula is C27H32N4O2S. The highest BCUT2D eigenvalue weighted by molar-refractivity contribution is 7.23. The number of benzene rings is 2. The van der Waals surface area contributed by atoms with E-state index in [1.807, 2.05) is 49.4 Å². The summed E-state index contributed by atoms with van der Waals surface area (Å²) in [6, 6.07) is 14.6. The minimum absolute atomic E-state index is 0.00490. The van der Waals surface area contributed by atoms with E-state index in [1.165, 1.54) is 25.8 Å². The molecule has 2 aromatic carbocycles. The van der Waals surface area contributed by atoms with Crippen molar-refractivity contribution < 1.29 is 9.53 Å². The highest BCUT2D eigenvalue weighted by Gasteiger charge is 2.17. The number of hydrogen-bond donors (Lipinski definition) is 1. The molecule has 1 aliphatic heterocycles. The minimum atomic E-state index is -0.00490. The number of thiazole rings is 1. The van der Waals surface area contributed by atoms with Crippen molar-refractivity contribution >= 4 is 32.4 Å². The lowest BCUT2D eigenvalue weighted by Gasteiger charge is -2.33. The van der Waals surface area contributed by atoms with Gasteiger partial charge in [-0.2, -0.15) is 0 Å². The zero-order chi connectivity index (χ0) is 23.5. The van der Waals surface area contributed by atoms with Gasteiger partial charge >= 0.3 is 0 Å². The van der Waals surface area contributed by atoms with Crippen LogP contribution in [0.2, 0.25) is 0 Å². The molecule has 5 rings (SSSR count). The lowest BCUT2D eigenvalue weighted by molar-refractivity contribution is 0.0949. The number of carbonyl (C=O) groups is 1. The summed E-state index contributed by atoms with van der Waals surface area (Å²) in [5, 5.41) is 3.10. The fraction of sp³-hybridized carbons (Fsp3) is 0.407. The third-order valence-electron chi connectivity index (χ3n) is 6.67. The van der Waals surface area contributed by atoms with Gasteiger partial charge in [0, 0.05) is 36.5 Å². The second kappa shape index (κ2) is 10.2. The van der Waals surface area contributed by atoms with E-state index in [1.54, 1.807) is 11.3 Å². The molecule has 1 fully saturated rings. The van der Waals surface area contributed by atoms with Crippen molar-refractivity contribution in [2.24, 2.45) is 0 Å². The van der Waals surface area contributed by atoms with Gasteiger partial charge in [-0.15, -0.1) is 0 Å².